The summed E-state index contributed by atoms with van der Waals surface area (Å²) >= 11 is 0. The number of hydrogen-bond donors (Lipinski definition) is 2. The van der Waals surface area contributed by atoms with Gasteiger partial charge in [0.2, 0.25) is 17.7 Å². The van der Waals surface area contributed by atoms with Crippen LogP contribution in [0.25, 0.3) is 0 Å². The molecule has 2 aliphatic carbocycles. The summed E-state index contributed by atoms with van der Waals surface area (Å²) in [5.74, 6) is 0.786. The number of nitrogens with one attached hydrogen (secondary N) is 2. The van der Waals surface area contributed by atoms with Gasteiger partial charge in [0, 0.05) is 36.9 Å². The first kappa shape index (κ1) is 17.3. The molecule has 2 heterocycles. The Kier molecular flexibility index (Phi) is 4.82. The second-order valence-electron chi connectivity index (χ2n) is 7.88. The van der Waals surface area contributed by atoms with Crippen molar-refractivity contribution in [2.45, 2.75) is 63.3 Å². The van der Waals surface area contributed by atoms with E-state index in [2.05, 4.69) is 15.5 Å². The minimum Gasteiger partial charge on any atom is -0.392 e. The monoisotopic (exact) mass is 362 g/mol. The highest BCUT2D eigenvalue weighted by molar-refractivity contribution is 5.81. The van der Waals surface area contributed by atoms with Crippen molar-refractivity contribution >= 4 is 11.8 Å². The van der Waals surface area contributed by atoms with Crippen LogP contribution in [-0.4, -0.2) is 46.0 Å². The molecule has 1 aromatic heterocycles. The third-order valence-electron chi connectivity index (χ3n) is 5.98. The van der Waals surface area contributed by atoms with Gasteiger partial charge in [0.1, 0.15) is 0 Å². The van der Waals surface area contributed by atoms with E-state index in [1.54, 1.807) is 0 Å². The molecule has 0 aromatic carbocycles. The molecule has 2 N–H and O–H groups in total. The largest absolute Gasteiger partial charge is 0.434 e. The van der Waals surface area contributed by atoms with E-state index in [1.807, 2.05) is 4.90 Å². The number of carbonyl (C=O) groups excluding carboxylic acids is 2. The van der Waals surface area contributed by atoms with E-state index in [4.69, 9.17) is 4.42 Å². The molecule has 0 radical (unpaired) electrons. The summed E-state index contributed by atoms with van der Waals surface area (Å²) in [6, 6.07) is 0.237. The van der Waals surface area contributed by atoms with Gasteiger partial charge in [-0.1, -0.05) is 0 Å². The summed E-state index contributed by atoms with van der Waals surface area (Å²) in [7, 11) is 0. The van der Waals surface area contributed by atoms with Crippen molar-refractivity contribution in [3.8, 4) is 0 Å². The molecule has 1 aromatic rings. The van der Waals surface area contributed by atoms with Crippen LogP contribution >= 0.6 is 0 Å². The van der Waals surface area contributed by atoms with Gasteiger partial charge in [0.05, 0.1) is 0 Å². The Labute approximate surface area is 151 Å². The quantitative estimate of drug-likeness (QED) is 0.835. The molecule has 8 heteroatoms. The minimum atomic E-state index is -0.524. The van der Waals surface area contributed by atoms with Crippen LogP contribution in [0.4, 0.5) is 0 Å². The Morgan fingerprint density at radius 1 is 1.00 bits per heavy atom. The van der Waals surface area contributed by atoms with Crippen LogP contribution in [-0.2, 0) is 9.59 Å². The van der Waals surface area contributed by atoms with E-state index in [-0.39, 0.29) is 35.6 Å². The van der Waals surface area contributed by atoms with Gasteiger partial charge in [-0.25, -0.2) is 9.89 Å². The van der Waals surface area contributed by atoms with Gasteiger partial charge >= 0.3 is 5.76 Å². The second-order valence-corrected chi connectivity index (χ2v) is 7.88. The molecule has 1 aliphatic heterocycles. The molecular formula is C18H26N4O4. The van der Waals surface area contributed by atoms with Crippen molar-refractivity contribution in [3.05, 3.63) is 16.4 Å². The summed E-state index contributed by atoms with van der Waals surface area (Å²) < 4.78 is 5.04. The molecule has 3 fully saturated rings. The molecule has 0 unspecified atom stereocenters. The molecular weight excluding hydrogens is 336 g/mol. The molecule has 142 valence electrons. The first-order valence-corrected chi connectivity index (χ1v) is 9.74. The van der Waals surface area contributed by atoms with Crippen molar-refractivity contribution < 1.29 is 14.0 Å². The van der Waals surface area contributed by atoms with Crippen molar-refractivity contribution in [2.75, 3.05) is 13.1 Å². The first-order chi connectivity index (χ1) is 12.6. The van der Waals surface area contributed by atoms with Gasteiger partial charge in [-0.3, -0.25) is 9.59 Å². The maximum atomic E-state index is 12.8. The van der Waals surface area contributed by atoms with Crippen LogP contribution in [0.5, 0.6) is 0 Å². The summed E-state index contributed by atoms with van der Waals surface area (Å²) in [5, 5.41) is 9.34. The van der Waals surface area contributed by atoms with Gasteiger partial charge in [0.25, 0.3) is 0 Å². The number of nitrogens with zero attached hydrogens (tertiary/aromatic N) is 2. The van der Waals surface area contributed by atoms with E-state index in [1.165, 1.54) is 0 Å². The maximum absolute atomic E-state index is 12.8. The van der Waals surface area contributed by atoms with E-state index in [0.717, 1.165) is 51.4 Å². The van der Waals surface area contributed by atoms with Gasteiger partial charge in [-0.15, -0.1) is 5.10 Å². The Morgan fingerprint density at radius 2 is 1.65 bits per heavy atom. The topological polar surface area (TPSA) is 108 Å². The highest BCUT2D eigenvalue weighted by atomic mass is 16.4. The Hall–Kier alpha value is -2.12. The number of amides is 2. The van der Waals surface area contributed by atoms with Crippen LogP contribution < -0.4 is 11.1 Å². The fourth-order valence-corrected chi connectivity index (χ4v) is 4.17. The molecule has 26 heavy (non-hydrogen) atoms. The van der Waals surface area contributed by atoms with E-state index >= 15 is 0 Å². The molecule has 3 aliphatic rings. The molecule has 8 nitrogen and oxygen atoms in total. The second kappa shape index (κ2) is 7.25. The fraction of sp³-hybridized carbons (Fsp3) is 0.778. The molecule has 0 bridgehead atoms. The SMILES string of the molecule is O=C(NC1CCC(C(=O)N2CCC(c3n[nH]c(=O)o3)CC2)CC1)C1CC1. The van der Waals surface area contributed by atoms with Gasteiger partial charge in [-0.2, -0.15) is 0 Å². The number of H-pyrrole nitrogens is 1. The van der Waals surface area contributed by atoms with Crippen molar-refractivity contribution in [1.82, 2.24) is 20.4 Å². The highest BCUT2D eigenvalue weighted by Crippen LogP contribution is 2.32. The smallest absolute Gasteiger partial charge is 0.392 e. The third-order valence-corrected chi connectivity index (χ3v) is 5.98. The van der Waals surface area contributed by atoms with Gasteiger partial charge < -0.3 is 14.6 Å². The van der Waals surface area contributed by atoms with Gasteiger partial charge in [0.15, 0.2) is 0 Å². The lowest BCUT2D eigenvalue weighted by Gasteiger charge is -2.35. The molecule has 2 saturated carbocycles. The zero-order chi connectivity index (χ0) is 18.1. The van der Waals surface area contributed by atoms with E-state index in [9.17, 15) is 14.4 Å². The highest BCUT2D eigenvalue weighted by Gasteiger charge is 2.35. The zero-order valence-corrected chi connectivity index (χ0v) is 14.9. The average Bonchev–Trinajstić information content (AvgIpc) is 3.43. The zero-order valence-electron chi connectivity index (χ0n) is 14.9. The van der Waals surface area contributed by atoms with Crippen LogP contribution in [0.3, 0.4) is 0 Å². The molecule has 2 amide bonds. The molecule has 1 saturated heterocycles. The Morgan fingerprint density at radius 3 is 2.23 bits per heavy atom. The van der Waals surface area contributed by atoms with Crippen LogP contribution in [0, 0.1) is 11.8 Å². The third kappa shape index (κ3) is 3.83. The summed E-state index contributed by atoms with van der Waals surface area (Å²) in [5.41, 5.74) is 0. The summed E-state index contributed by atoms with van der Waals surface area (Å²) in [6.07, 6.45) is 7.08. The summed E-state index contributed by atoms with van der Waals surface area (Å²) in [6.45, 7) is 1.36. The van der Waals surface area contributed by atoms with E-state index in [0.29, 0.717) is 19.0 Å². The first-order valence-electron chi connectivity index (χ1n) is 9.74. The fourth-order valence-electron chi connectivity index (χ4n) is 4.17. The van der Waals surface area contributed by atoms with Crippen LogP contribution in [0.2, 0.25) is 0 Å². The van der Waals surface area contributed by atoms with Crippen molar-refractivity contribution in [2.24, 2.45) is 11.8 Å². The molecule has 0 spiro atoms. The Balaban J connectivity index is 1.23. The number of hydrogen-bond acceptors (Lipinski definition) is 5. The lowest BCUT2D eigenvalue weighted by molar-refractivity contribution is -0.137. The predicted octanol–water partition coefficient (Wildman–Crippen LogP) is 1.15. The lowest BCUT2D eigenvalue weighted by atomic mass is 9.84. The average molecular weight is 362 g/mol. The number of likely N-dealkylation sites (tertiary alicyclic amines) is 1. The van der Waals surface area contributed by atoms with Crippen molar-refractivity contribution in [1.29, 1.82) is 0 Å². The van der Waals surface area contributed by atoms with Crippen LogP contribution in [0.1, 0.15) is 63.2 Å². The number of rotatable bonds is 4. The molecule has 0 atom stereocenters. The Bertz CT molecular complexity index is 707. The van der Waals surface area contributed by atoms with Gasteiger partial charge in [-0.05, 0) is 51.4 Å². The maximum Gasteiger partial charge on any atom is 0.434 e. The van der Waals surface area contributed by atoms with Crippen molar-refractivity contribution in [3.63, 3.8) is 0 Å². The normalized spacial score (nSPS) is 27.3. The number of piperidine rings is 1. The number of aromatic amines is 1. The number of aromatic nitrogens is 2. The van der Waals surface area contributed by atoms with E-state index < -0.39 is 5.76 Å². The lowest BCUT2D eigenvalue weighted by Crippen LogP contribution is -2.44. The standard InChI is InChI=1S/C18H26N4O4/c23-15(11-1-2-11)19-14-5-3-13(4-6-14)17(24)22-9-7-12(8-10-22)16-20-21-18(25)26-16/h11-14H,1-10H2,(H,19,23)(H,21,25). The predicted molar refractivity (Wildman–Crippen MR) is 92.3 cm³/mol. The molecule has 4 rings (SSSR count). The summed E-state index contributed by atoms with van der Waals surface area (Å²) in [4.78, 5) is 37.7. The number of carbonyl (C=O) groups is 2. The minimum absolute atomic E-state index is 0.0731. The van der Waals surface area contributed by atoms with Crippen LogP contribution in [0.15, 0.2) is 9.21 Å².